The fourth-order valence-electron chi connectivity index (χ4n) is 3.85. The topological polar surface area (TPSA) is 47.6 Å². The fraction of sp³-hybridized carbons (Fsp3) is 0.364. The highest BCUT2D eigenvalue weighted by atomic mass is 32.2. The van der Waals surface area contributed by atoms with E-state index < -0.39 is 0 Å². The van der Waals surface area contributed by atoms with Crippen LogP contribution in [0, 0.1) is 22.7 Å². The molecule has 132 valence electrons. The van der Waals surface area contributed by atoms with E-state index in [1.807, 2.05) is 0 Å². The third kappa shape index (κ3) is 3.37. The van der Waals surface area contributed by atoms with Crippen molar-refractivity contribution in [2.45, 2.75) is 23.3 Å². The molecule has 3 rings (SSSR count). The lowest BCUT2D eigenvalue weighted by atomic mass is 9.87. The molecule has 1 aliphatic rings. The van der Waals surface area contributed by atoms with E-state index in [9.17, 15) is 10.5 Å². The average molecular weight is 381 g/mol. The molecule has 0 fully saturated rings. The Morgan fingerprint density at radius 2 is 1.12 bits per heavy atom. The standard InChI is InChI=1S/C22H24N2S2/c1-25(2)21-11-15-7-6-10-18(20(15)14-24)22(26(3)4)12-16-8-5-9-17(21)19(16)13-23/h5-10,21-22H,11-12H2,1-4H3/q+2. The zero-order valence-corrected chi connectivity index (χ0v) is 17.4. The lowest BCUT2D eigenvalue weighted by Gasteiger charge is -2.23. The van der Waals surface area contributed by atoms with Crippen LogP contribution in [0.4, 0.5) is 0 Å². The van der Waals surface area contributed by atoms with E-state index in [4.69, 9.17) is 0 Å². The molecule has 0 aliphatic heterocycles. The Hall–Kier alpha value is -1.88. The average Bonchev–Trinajstić information content (AvgIpc) is 2.62. The van der Waals surface area contributed by atoms with Gasteiger partial charge in [0.15, 0.2) is 0 Å². The van der Waals surface area contributed by atoms with Gasteiger partial charge in [-0.05, 0) is 32.9 Å². The maximum atomic E-state index is 9.93. The van der Waals surface area contributed by atoms with Crippen molar-refractivity contribution in [3.05, 3.63) is 69.8 Å². The van der Waals surface area contributed by atoms with Crippen LogP contribution in [0.5, 0.6) is 0 Å². The smallest absolute Gasteiger partial charge is 0.148 e. The van der Waals surface area contributed by atoms with Crippen LogP contribution >= 0.6 is 0 Å². The number of hydrogen-bond acceptors (Lipinski definition) is 2. The zero-order chi connectivity index (χ0) is 18.8. The predicted molar refractivity (Wildman–Crippen MR) is 114 cm³/mol. The van der Waals surface area contributed by atoms with Gasteiger partial charge in [0.1, 0.15) is 10.5 Å². The second-order valence-electron chi connectivity index (χ2n) is 7.13. The minimum absolute atomic E-state index is 0.106. The predicted octanol–water partition coefficient (Wildman–Crippen LogP) is 4.07. The summed E-state index contributed by atoms with van der Waals surface area (Å²) in [4.78, 5) is 0. The molecule has 4 heteroatoms. The molecule has 0 radical (unpaired) electrons. The van der Waals surface area contributed by atoms with Crippen molar-refractivity contribution < 1.29 is 0 Å². The highest BCUT2D eigenvalue weighted by Gasteiger charge is 2.34. The Bertz CT molecular complexity index is 828. The van der Waals surface area contributed by atoms with Gasteiger partial charge in [0.2, 0.25) is 0 Å². The Labute approximate surface area is 162 Å². The van der Waals surface area contributed by atoms with Crippen LogP contribution in [-0.4, -0.2) is 25.0 Å². The zero-order valence-electron chi connectivity index (χ0n) is 15.7. The van der Waals surface area contributed by atoms with Crippen molar-refractivity contribution in [2.75, 3.05) is 25.0 Å². The molecule has 2 aromatic carbocycles. The van der Waals surface area contributed by atoms with E-state index in [0.29, 0.717) is 0 Å². The first kappa shape index (κ1) is 18.9. The van der Waals surface area contributed by atoms with E-state index >= 15 is 0 Å². The molecule has 0 saturated carbocycles. The molecule has 0 N–H and O–H groups in total. The summed E-state index contributed by atoms with van der Waals surface area (Å²) < 4.78 is 0. The number of hydrogen-bond donors (Lipinski definition) is 0. The third-order valence-corrected chi connectivity index (χ3v) is 8.35. The molecule has 1 aliphatic carbocycles. The van der Waals surface area contributed by atoms with Crippen molar-refractivity contribution in [2.24, 2.45) is 0 Å². The van der Waals surface area contributed by atoms with Gasteiger partial charge < -0.3 is 0 Å². The Morgan fingerprint density at radius 3 is 1.42 bits per heavy atom. The molecule has 2 unspecified atom stereocenters. The van der Waals surface area contributed by atoms with Crippen molar-refractivity contribution in [3.8, 4) is 12.1 Å². The second kappa shape index (κ2) is 7.78. The Balaban J connectivity index is 2.31. The second-order valence-corrected chi connectivity index (χ2v) is 11.8. The molecule has 0 saturated heterocycles. The van der Waals surface area contributed by atoms with E-state index in [-0.39, 0.29) is 32.3 Å². The maximum absolute atomic E-state index is 9.93. The molecular weight excluding hydrogens is 356 g/mol. The molecular formula is C22H24N2S2+2. The summed E-state index contributed by atoms with van der Waals surface area (Å²) in [5.74, 6) is 0. The summed E-state index contributed by atoms with van der Waals surface area (Å²) in [7, 11) is 0.212. The first-order valence-electron chi connectivity index (χ1n) is 8.64. The van der Waals surface area contributed by atoms with Crippen molar-refractivity contribution >= 4 is 21.8 Å². The Kier molecular flexibility index (Phi) is 5.66. The van der Waals surface area contributed by atoms with Crippen LogP contribution < -0.4 is 0 Å². The van der Waals surface area contributed by atoms with Gasteiger partial charge in [0, 0.05) is 24.0 Å². The van der Waals surface area contributed by atoms with Gasteiger partial charge in [0.25, 0.3) is 0 Å². The van der Waals surface area contributed by atoms with Gasteiger partial charge in [-0.3, -0.25) is 0 Å². The molecule has 0 spiro atoms. The van der Waals surface area contributed by atoms with Crippen LogP contribution in [0.25, 0.3) is 0 Å². The number of nitriles is 2. The molecule has 0 aromatic heterocycles. The summed E-state index contributed by atoms with van der Waals surface area (Å²) in [6.07, 6.45) is 10.6. The van der Waals surface area contributed by atoms with Gasteiger partial charge in [-0.15, -0.1) is 0 Å². The lowest BCUT2D eigenvalue weighted by molar-refractivity contribution is 0.862. The summed E-state index contributed by atoms with van der Waals surface area (Å²) >= 11 is 0. The Morgan fingerprint density at radius 1 is 0.731 bits per heavy atom. The molecule has 26 heavy (non-hydrogen) atoms. The molecule has 4 bridgehead atoms. The van der Waals surface area contributed by atoms with Crippen LogP contribution in [0.15, 0.2) is 36.4 Å². The third-order valence-electron chi connectivity index (χ3n) is 5.23. The van der Waals surface area contributed by atoms with Crippen LogP contribution in [0.1, 0.15) is 43.9 Å². The van der Waals surface area contributed by atoms with Gasteiger partial charge in [0.05, 0.1) is 48.3 Å². The van der Waals surface area contributed by atoms with E-state index in [2.05, 4.69) is 73.6 Å². The van der Waals surface area contributed by atoms with Crippen LogP contribution in [0.3, 0.4) is 0 Å². The molecule has 2 atom stereocenters. The summed E-state index contributed by atoms with van der Waals surface area (Å²) in [6, 6.07) is 17.6. The maximum Gasteiger partial charge on any atom is 0.148 e. The highest BCUT2D eigenvalue weighted by molar-refractivity contribution is 7.96. The van der Waals surface area contributed by atoms with Crippen molar-refractivity contribution in [1.29, 1.82) is 10.5 Å². The summed E-state index contributed by atoms with van der Waals surface area (Å²) in [6.45, 7) is 0. The van der Waals surface area contributed by atoms with E-state index in [1.54, 1.807) is 0 Å². The van der Waals surface area contributed by atoms with Crippen LogP contribution in [-0.2, 0) is 34.6 Å². The fourth-order valence-corrected chi connectivity index (χ4v) is 6.28. The number of fused-ring (bicyclic) bond motifs is 4. The van der Waals surface area contributed by atoms with Gasteiger partial charge in [-0.1, -0.05) is 36.4 Å². The lowest BCUT2D eigenvalue weighted by Crippen LogP contribution is -2.21. The van der Waals surface area contributed by atoms with E-state index in [0.717, 1.165) is 46.2 Å². The minimum atomic E-state index is 0.106. The molecule has 2 nitrogen and oxygen atoms in total. The highest BCUT2D eigenvalue weighted by Crippen LogP contribution is 2.38. The van der Waals surface area contributed by atoms with Crippen LogP contribution in [0.2, 0.25) is 0 Å². The van der Waals surface area contributed by atoms with Gasteiger partial charge in [-0.25, -0.2) is 0 Å². The van der Waals surface area contributed by atoms with E-state index in [1.165, 1.54) is 0 Å². The van der Waals surface area contributed by atoms with Gasteiger partial charge in [-0.2, -0.15) is 10.5 Å². The quantitative estimate of drug-likeness (QED) is 0.738. The van der Waals surface area contributed by atoms with Crippen molar-refractivity contribution in [1.82, 2.24) is 0 Å². The minimum Gasteiger partial charge on any atom is -0.192 e. The normalized spacial score (nSPS) is 19.1. The molecule has 2 aromatic rings. The summed E-state index contributed by atoms with van der Waals surface area (Å²) in [5, 5.41) is 20.4. The molecule has 0 heterocycles. The number of nitrogens with zero attached hydrogens (tertiary/aromatic N) is 2. The summed E-state index contributed by atoms with van der Waals surface area (Å²) in [5.41, 5.74) is 6.28. The number of benzene rings is 2. The SMILES string of the molecule is C[S+](C)C1Cc2cccc(c2C#N)C([S+](C)C)Cc2cccc1c2C#N. The van der Waals surface area contributed by atoms with Gasteiger partial charge >= 0.3 is 0 Å². The number of rotatable bonds is 2. The molecule has 0 amide bonds. The first-order chi connectivity index (χ1) is 12.5. The van der Waals surface area contributed by atoms with Crippen molar-refractivity contribution in [3.63, 3.8) is 0 Å². The monoisotopic (exact) mass is 380 g/mol. The first-order valence-corrected chi connectivity index (χ1v) is 12.8. The largest absolute Gasteiger partial charge is 0.192 e.